The minimum Gasteiger partial charge on any atom is -0.350 e. The molecule has 2 amide bonds. The fourth-order valence-corrected chi connectivity index (χ4v) is 8.19. The summed E-state index contributed by atoms with van der Waals surface area (Å²) in [6.45, 7) is 8.13. The molecule has 1 saturated heterocycles. The third-order valence-electron chi connectivity index (χ3n) is 6.21. The molecule has 4 N–H and O–H groups in total. The summed E-state index contributed by atoms with van der Waals surface area (Å²) >= 11 is 1.38. The predicted octanol–water partition coefficient (Wildman–Crippen LogP) is 3.20. The second kappa shape index (κ2) is 13.8. The Morgan fingerprint density at radius 3 is 2.33 bits per heavy atom. The van der Waals surface area contributed by atoms with Crippen LogP contribution in [0.2, 0.25) is 0 Å². The van der Waals surface area contributed by atoms with Gasteiger partial charge in [0.25, 0.3) is 5.91 Å². The zero-order chi connectivity index (χ0) is 26.9. The first-order chi connectivity index (χ1) is 16.9. The van der Waals surface area contributed by atoms with E-state index in [0.29, 0.717) is 19.4 Å². The molecule has 4 atom stereocenters. The van der Waals surface area contributed by atoms with Crippen LogP contribution in [-0.2, 0) is 29.0 Å². The van der Waals surface area contributed by atoms with Gasteiger partial charge in [-0.25, -0.2) is 24.6 Å². The number of hydrogen-bond donors (Lipinski definition) is 3. The van der Waals surface area contributed by atoms with Crippen LogP contribution in [0, 0.1) is 17.8 Å². The number of sulfone groups is 1. The first-order valence-corrected chi connectivity index (χ1v) is 15.2. The average molecular weight is 544 g/mol. The zero-order valence-corrected chi connectivity index (χ0v) is 23.5. The van der Waals surface area contributed by atoms with Crippen LogP contribution in [0.25, 0.3) is 0 Å². The van der Waals surface area contributed by atoms with Gasteiger partial charge in [-0.3, -0.25) is 15.0 Å². The number of benzene rings is 1. The van der Waals surface area contributed by atoms with Crippen LogP contribution < -0.4 is 16.7 Å². The molecule has 9 nitrogen and oxygen atoms in total. The summed E-state index contributed by atoms with van der Waals surface area (Å²) in [7, 11) is -4.15. The molecular formula is C25H41N3O6S2. The van der Waals surface area contributed by atoms with E-state index in [1.807, 2.05) is 58.0 Å². The Labute approximate surface area is 219 Å². The van der Waals surface area contributed by atoms with Crippen molar-refractivity contribution < 1.29 is 27.6 Å². The molecule has 0 aliphatic carbocycles. The number of hydrogen-bond acceptors (Lipinski definition) is 8. The maximum atomic E-state index is 13.9. The van der Waals surface area contributed by atoms with Crippen LogP contribution in [0.3, 0.4) is 0 Å². The molecule has 36 heavy (non-hydrogen) atoms. The first kappa shape index (κ1) is 30.6. The van der Waals surface area contributed by atoms with E-state index in [1.165, 1.54) is 11.8 Å². The highest BCUT2D eigenvalue weighted by Crippen LogP contribution is 2.44. The molecule has 11 heteroatoms. The maximum Gasteiger partial charge on any atom is 0.256 e. The molecule has 0 spiro atoms. The van der Waals surface area contributed by atoms with Crippen LogP contribution in [-0.4, -0.2) is 49.4 Å². The average Bonchev–Trinajstić information content (AvgIpc) is 2.81. The summed E-state index contributed by atoms with van der Waals surface area (Å²) in [5.74, 6) is 2.56. The van der Waals surface area contributed by atoms with Crippen molar-refractivity contribution in [2.45, 2.75) is 81.0 Å². The molecule has 0 bridgehead atoms. The quantitative estimate of drug-likeness (QED) is 0.149. The van der Waals surface area contributed by atoms with Crippen LogP contribution in [0.4, 0.5) is 0 Å². The van der Waals surface area contributed by atoms with Gasteiger partial charge in [0.2, 0.25) is 5.91 Å². The third kappa shape index (κ3) is 7.92. The van der Waals surface area contributed by atoms with Gasteiger partial charge in [-0.05, 0) is 49.7 Å². The number of nitrogens with two attached hydrogens (primary N) is 1. The Hall–Kier alpha value is -1.66. The Balaban J connectivity index is 2.64. The molecule has 0 radical (unpaired) electrons. The molecule has 1 fully saturated rings. The van der Waals surface area contributed by atoms with Crippen molar-refractivity contribution in [2.24, 2.45) is 23.6 Å². The van der Waals surface area contributed by atoms with Crippen LogP contribution in [0.5, 0.6) is 0 Å². The van der Waals surface area contributed by atoms with E-state index >= 15 is 0 Å². The number of carbonyl (C=O) groups excluding carboxylic acids is 2. The van der Waals surface area contributed by atoms with E-state index in [1.54, 1.807) is 0 Å². The van der Waals surface area contributed by atoms with Crippen molar-refractivity contribution in [3.05, 3.63) is 30.3 Å². The van der Waals surface area contributed by atoms with Crippen molar-refractivity contribution in [3.63, 3.8) is 0 Å². The lowest BCUT2D eigenvalue weighted by molar-refractivity contribution is -0.202. The topological polar surface area (TPSA) is 137 Å². The fraction of sp³-hybridized carbons (Fsp3) is 0.680. The molecule has 1 aliphatic rings. The molecule has 1 heterocycles. The standard InChI is InChI=1S/C25H41N3O6S2/c1-17(2)15-20(35-19-11-7-6-8-12-19)22(23(29)28-34-21-13-9-10-14-33-21)25(16-18(3)4,24(30)27-26)36(5,31)32/h6-8,11-12,17-18,20-22H,9-10,13-16,26H2,1-5H3,(H,27,30)(H,28,29)/t20?,21?,22-,25-/m1/s1. The van der Waals surface area contributed by atoms with Crippen molar-refractivity contribution in [3.8, 4) is 0 Å². The van der Waals surface area contributed by atoms with E-state index in [4.69, 9.17) is 15.4 Å². The Morgan fingerprint density at radius 2 is 1.83 bits per heavy atom. The van der Waals surface area contributed by atoms with E-state index in [9.17, 15) is 18.0 Å². The summed E-state index contributed by atoms with van der Waals surface area (Å²) in [6, 6.07) is 9.42. The van der Waals surface area contributed by atoms with Gasteiger partial charge in [-0.15, -0.1) is 11.8 Å². The number of thioether (sulfide) groups is 1. The highest BCUT2D eigenvalue weighted by Gasteiger charge is 2.59. The maximum absolute atomic E-state index is 13.9. The lowest BCUT2D eigenvalue weighted by Gasteiger charge is -2.41. The summed E-state index contributed by atoms with van der Waals surface area (Å²) in [4.78, 5) is 33.8. The van der Waals surface area contributed by atoms with Gasteiger partial charge in [-0.1, -0.05) is 45.9 Å². The van der Waals surface area contributed by atoms with Gasteiger partial charge in [0, 0.05) is 29.4 Å². The first-order valence-electron chi connectivity index (χ1n) is 12.4. The van der Waals surface area contributed by atoms with Crippen molar-refractivity contribution in [1.29, 1.82) is 0 Å². The number of nitrogens with one attached hydrogen (secondary N) is 2. The Morgan fingerprint density at radius 1 is 1.17 bits per heavy atom. The molecule has 2 rings (SSSR count). The SMILES string of the molecule is CC(C)CC(Sc1ccccc1)[C@H](C(=O)NOC1CCCCO1)[C@](CC(C)C)(C(=O)NN)S(C)(=O)=O. The largest absolute Gasteiger partial charge is 0.350 e. The van der Waals surface area contributed by atoms with E-state index < -0.39 is 43.9 Å². The van der Waals surface area contributed by atoms with Gasteiger partial charge in [0.15, 0.2) is 20.9 Å². The van der Waals surface area contributed by atoms with Gasteiger partial charge >= 0.3 is 0 Å². The van der Waals surface area contributed by atoms with Crippen molar-refractivity contribution in [1.82, 2.24) is 10.9 Å². The summed E-state index contributed by atoms with van der Waals surface area (Å²) in [6.07, 6.45) is 3.15. The summed E-state index contributed by atoms with van der Waals surface area (Å²) < 4.78 is 30.5. The Kier molecular flexibility index (Phi) is 11.7. The fourth-order valence-electron chi connectivity index (χ4n) is 4.70. The molecule has 204 valence electrons. The number of hydrazine groups is 1. The lowest BCUT2D eigenvalue weighted by atomic mass is 9.79. The van der Waals surface area contributed by atoms with E-state index in [-0.39, 0.29) is 18.3 Å². The van der Waals surface area contributed by atoms with Crippen LogP contribution >= 0.6 is 11.8 Å². The van der Waals surface area contributed by atoms with Crippen molar-refractivity contribution in [2.75, 3.05) is 12.9 Å². The number of amides is 2. The number of rotatable bonds is 13. The molecule has 1 aromatic rings. The normalized spacial score (nSPS) is 19.9. The third-order valence-corrected chi connectivity index (χ3v) is 9.45. The lowest BCUT2D eigenvalue weighted by Crippen LogP contribution is -2.64. The second-order valence-corrected chi connectivity index (χ2v) is 13.8. The predicted molar refractivity (Wildman–Crippen MR) is 141 cm³/mol. The molecule has 1 aromatic carbocycles. The monoisotopic (exact) mass is 543 g/mol. The molecule has 2 unspecified atom stereocenters. The number of carbonyl (C=O) groups is 2. The molecule has 0 aromatic heterocycles. The van der Waals surface area contributed by atoms with E-state index in [0.717, 1.165) is 24.0 Å². The number of ether oxygens (including phenoxy) is 1. The van der Waals surface area contributed by atoms with Gasteiger partial charge in [0.1, 0.15) is 0 Å². The van der Waals surface area contributed by atoms with Crippen LogP contribution in [0.1, 0.15) is 59.8 Å². The minimum atomic E-state index is -4.15. The van der Waals surface area contributed by atoms with Gasteiger partial charge in [0.05, 0.1) is 5.92 Å². The van der Waals surface area contributed by atoms with E-state index in [2.05, 4.69) is 10.9 Å². The Bertz CT molecular complexity index is 952. The highest BCUT2D eigenvalue weighted by molar-refractivity contribution is 8.00. The summed E-state index contributed by atoms with van der Waals surface area (Å²) in [5, 5.41) is -0.575. The summed E-state index contributed by atoms with van der Waals surface area (Å²) in [5.41, 5.74) is 4.52. The van der Waals surface area contributed by atoms with Crippen LogP contribution in [0.15, 0.2) is 35.2 Å². The van der Waals surface area contributed by atoms with Gasteiger partial charge in [-0.2, -0.15) is 0 Å². The zero-order valence-electron chi connectivity index (χ0n) is 21.9. The number of hydroxylamine groups is 1. The van der Waals surface area contributed by atoms with Crippen molar-refractivity contribution >= 4 is 33.4 Å². The molecule has 1 aliphatic heterocycles. The van der Waals surface area contributed by atoms with Gasteiger partial charge < -0.3 is 4.74 Å². The molecular weight excluding hydrogens is 502 g/mol. The minimum absolute atomic E-state index is 0.0865. The smallest absolute Gasteiger partial charge is 0.256 e. The second-order valence-electron chi connectivity index (χ2n) is 10.2. The molecule has 0 saturated carbocycles. The highest BCUT2D eigenvalue weighted by atomic mass is 32.2.